The molecule has 0 saturated carbocycles. The number of rotatable bonds is 8. The number of nitrogens with zero attached hydrogens (tertiary/aromatic N) is 3. The molecule has 1 aliphatic rings. The van der Waals surface area contributed by atoms with E-state index < -0.39 is 0 Å². The van der Waals surface area contributed by atoms with Crippen molar-refractivity contribution in [3.8, 4) is 17.6 Å². The minimum absolute atomic E-state index is 0.0905. The van der Waals surface area contributed by atoms with Crippen molar-refractivity contribution >= 4 is 28.9 Å². The molecular formula is C25H25N3O3S. The Morgan fingerprint density at radius 2 is 2.03 bits per heavy atom. The quantitative estimate of drug-likeness (QED) is 0.429. The molecule has 7 heteroatoms. The van der Waals surface area contributed by atoms with Crippen LogP contribution in [0.2, 0.25) is 0 Å². The van der Waals surface area contributed by atoms with Crippen LogP contribution < -0.4 is 9.47 Å². The molecule has 0 aromatic heterocycles. The maximum absolute atomic E-state index is 12.5. The molecule has 2 aromatic carbocycles. The lowest BCUT2D eigenvalue weighted by atomic mass is 10.0. The summed E-state index contributed by atoms with van der Waals surface area (Å²) < 4.78 is 12.0. The average Bonchev–Trinajstić information content (AvgIpc) is 3.07. The molecule has 0 bridgehead atoms. The van der Waals surface area contributed by atoms with Crippen LogP contribution in [0.15, 0.2) is 59.0 Å². The van der Waals surface area contributed by atoms with E-state index in [4.69, 9.17) is 9.47 Å². The first-order chi connectivity index (χ1) is 15.5. The first kappa shape index (κ1) is 23.2. The zero-order chi connectivity index (χ0) is 23.1. The summed E-state index contributed by atoms with van der Waals surface area (Å²) in [6.45, 7) is 6.46. The van der Waals surface area contributed by atoms with Gasteiger partial charge in [-0.2, -0.15) is 5.26 Å². The number of ether oxygens (including phenoxy) is 2. The number of likely N-dealkylation sites (N-methyl/N-ethyl adjacent to an activating group) is 1. The van der Waals surface area contributed by atoms with E-state index in [2.05, 4.69) is 17.6 Å². The van der Waals surface area contributed by atoms with Crippen LogP contribution in [0.4, 0.5) is 0 Å². The molecule has 32 heavy (non-hydrogen) atoms. The first-order valence-corrected chi connectivity index (χ1v) is 11.0. The second-order valence-corrected chi connectivity index (χ2v) is 7.98. The molecule has 3 rings (SSSR count). The molecule has 0 N–H and O–H groups in total. The minimum atomic E-state index is -0.0905. The van der Waals surface area contributed by atoms with Crippen LogP contribution >= 0.6 is 11.8 Å². The fourth-order valence-corrected chi connectivity index (χ4v) is 4.23. The number of nitriles is 1. The third-order valence-electron chi connectivity index (χ3n) is 4.82. The summed E-state index contributed by atoms with van der Waals surface area (Å²) in [7, 11) is 3.38. The lowest BCUT2D eigenvalue weighted by molar-refractivity contribution is -0.121. The number of aliphatic imine (C=N–C) groups is 1. The minimum Gasteiger partial charge on any atom is -0.490 e. The Hall–Kier alpha value is -3.50. The summed E-state index contributed by atoms with van der Waals surface area (Å²) >= 11 is 1.34. The Bertz CT molecular complexity index is 1130. The molecule has 0 radical (unpaired) electrons. The van der Waals surface area contributed by atoms with E-state index in [-0.39, 0.29) is 12.5 Å². The lowest BCUT2D eigenvalue weighted by Gasteiger charge is -2.17. The summed E-state index contributed by atoms with van der Waals surface area (Å²) in [6, 6.07) is 13.4. The third kappa shape index (κ3) is 5.04. The van der Waals surface area contributed by atoms with Gasteiger partial charge in [0.2, 0.25) is 0 Å². The highest BCUT2D eigenvalue weighted by Gasteiger charge is 2.29. The van der Waals surface area contributed by atoms with E-state index in [1.54, 1.807) is 26.2 Å². The van der Waals surface area contributed by atoms with Crippen LogP contribution in [-0.2, 0) is 17.8 Å². The number of carbonyl (C=O) groups is 1. The number of hydrogen-bond donors (Lipinski definition) is 0. The Morgan fingerprint density at radius 3 is 2.69 bits per heavy atom. The van der Waals surface area contributed by atoms with Gasteiger partial charge < -0.3 is 9.47 Å². The van der Waals surface area contributed by atoms with E-state index in [0.29, 0.717) is 40.2 Å². The van der Waals surface area contributed by atoms with Crippen molar-refractivity contribution in [1.29, 1.82) is 5.26 Å². The van der Waals surface area contributed by atoms with Gasteiger partial charge in [-0.3, -0.25) is 14.7 Å². The number of carbonyl (C=O) groups excluding carboxylic acids is 1. The van der Waals surface area contributed by atoms with Crippen LogP contribution in [-0.4, -0.2) is 36.7 Å². The standard InChI is InChI=1S/C25H25N3O3S/c1-5-9-18-12-17(14-22-24(29)28(4)25(27-3)32-22)13-21(30-6-2)23(18)31-16-20-11-8-7-10-19(20)15-26/h5,7-8,10-14H,1,6,9,16H2,2-4H3/b22-14-,27-25?. The molecule has 0 aliphatic carbocycles. The third-order valence-corrected chi connectivity index (χ3v) is 5.97. The monoisotopic (exact) mass is 447 g/mol. The summed E-state index contributed by atoms with van der Waals surface area (Å²) in [5.41, 5.74) is 3.10. The number of allylic oxidation sites excluding steroid dienone is 1. The molecule has 0 unspecified atom stereocenters. The van der Waals surface area contributed by atoms with Gasteiger partial charge in [0.25, 0.3) is 5.91 Å². The molecule has 1 fully saturated rings. The maximum Gasteiger partial charge on any atom is 0.266 e. The SMILES string of the molecule is C=CCc1cc(/C=C2\SC(=NC)N(C)C2=O)cc(OCC)c1OCc1ccccc1C#N. The molecule has 1 aliphatic heterocycles. The number of hydrogen-bond acceptors (Lipinski definition) is 6. The molecule has 6 nitrogen and oxygen atoms in total. The highest BCUT2D eigenvalue weighted by molar-refractivity contribution is 8.18. The molecule has 0 atom stereocenters. The fourth-order valence-electron chi connectivity index (χ4n) is 3.31. The largest absolute Gasteiger partial charge is 0.490 e. The average molecular weight is 448 g/mol. The highest BCUT2D eigenvalue weighted by atomic mass is 32.2. The summed E-state index contributed by atoms with van der Waals surface area (Å²) in [5.74, 6) is 1.11. The number of amidine groups is 1. The van der Waals surface area contributed by atoms with Crippen molar-refractivity contribution in [3.05, 3.63) is 76.2 Å². The van der Waals surface area contributed by atoms with Crippen molar-refractivity contribution in [2.24, 2.45) is 4.99 Å². The fraction of sp³-hybridized carbons (Fsp3) is 0.240. The van der Waals surface area contributed by atoms with Crippen molar-refractivity contribution in [2.75, 3.05) is 20.7 Å². The second-order valence-electron chi connectivity index (χ2n) is 6.97. The van der Waals surface area contributed by atoms with E-state index >= 15 is 0 Å². The van der Waals surface area contributed by atoms with Gasteiger partial charge in [-0.15, -0.1) is 6.58 Å². The summed E-state index contributed by atoms with van der Waals surface area (Å²) in [4.78, 5) is 18.8. The van der Waals surface area contributed by atoms with Crippen molar-refractivity contribution in [2.45, 2.75) is 20.0 Å². The maximum atomic E-state index is 12.5. The molecule has 1 heterocycles. The van der Waals surface area contributed by atoms with Crippen LogP contribution in [0.5, 0.6) is 11.5 Å². The molecule has 2 aromatic rings. The van der Waals surface area contributed by atoms with Crippen molar-refractivity contribution in [1.82, 2.24) is 4.90 Å². The van der Waals surface area contributed by atoms with E-state index in [1.807, 2.05) is 43.3 Å². The van der Waals surface area contributed by atoms with Gasteiger partial charge in [-0.05, 0) is 54.9 Å². The molecule has 164 valence electrons. The predicted octanol–water partition coefficient (Wildman–Crippen LogP) is 4.80. The normalized spacial score (nSPS) is 15.8. The van der Waals surface area contributed by atoms with Gasteiger partial charge in [0.1, 0.15) is 6.61 Å². The Kier molecular flexibility index (Phi) is 7.74. The Morgan fingerprint density at radius 1 is 1.25 bits per heavy atom. The van der Waals surface area contributed by atoms with Gasteiger partial charge in [0.15, 0.2) is 16.7 Å². The van der Waals surface area contributed by atoms with E-state index in [0.717, 1.165) is 16.7 Å². The topological polar surface area (TPSA) is 74.9 Å². The van der Waals surface area contributed by atoms with Gasteiger partial charge in [-0.25, -0.2) is 0 Å². The van der Waals surface area contributed by atoms with Crippen LogP contribution in [0.25, 0.3) is 6.08 Å². The smallest absolute Gasteiger partial charge is 0.266 e. The number of benzene rings is 2. The summed E-state index contributed by atoms with van der Waals surface area (Å²) in [5, 5.41) is 10.0. The zero-order valence-electron chi connectivity index (χ0n) is 18.4. The molecular weight excluding hydrogens is 422 g/mol. The molecule has 1 amide bonds. The van der Waals surface area contributed by atoms with Gasteiger partial charge in [0, 0.05) is 25.2 Å². The summed E-state index contributed by atoms with van der Waals surface area (Å²) in [6.07, 6.45) is 4.20. The second kappa shape index (κ2) is 10.7. The predicted molar refractivity (Wildman–Crippen MR) is 129 cm³/mol. The van der Waals surface area contributed by atoms with Gasteiger partial charge in [-0.1, -0.05) is 24.3 Å². The lowest BCUT2D eigenvalue weighted by Crippen LogP contribution is -2.23. The van der Waals surface area contributed by atoms with Gasteiger partial charge in [0.05, 0.1) is 23.1 Å². The molecule has 1 saturated heterocycles. The van der Waals surface area contributed by atoms with Crippen LogP contribution in [0.1, 0.15) is 29.2 Å². The van der Waals surface area contributed by atoms with E-state index in [9.17, 15) is 10.1 Å². The molecule has 0 spiro atoms. The van der Waals surface area contributed by atoms with Gasteiger partial charge >= 0.3 is 0 Å². The van der Waals surface area contributed by atoms with Crippen LogP contribution in [0, 0.1) is 11.3 Å². The van der Waals surface area contributed by atoms with Crippen LogP contribution in [0.3, 0.4) is 0 Å². The zero-order valence-corrected chi connectivity index (χ0v) is 19.2. The highest BCUT2D eigenvalue weighted by Crippen LogP contribution is 2.37. The van der Waals surface area contributed by atoms with Crippen molar-refractivity contribution in [3.63, 3.8) is 0 Å². The van der Waals surface area contributed by atoms with Crippen molar-refractivity contribution < 1.29 is 14.3 Å². The van der Waals surface area contributed by atoms with E-state index in [1.165, 1.54) is 16.7 Å². The number of thioether (sulfide) groups is 1. The Labute approximate surface area is 192 Å². The Balaban J connectivity index is 1.99. The number of amides is 1. The first-order valence-electron chi connectivity index (χ1n) is 10.2.